The summed E-state index contributed by atoms with van der Waals surface area (Å²) in [6.07, 6.45) is 5.55. The molecule has 8 nitrogen and oxygen atoms in total. The monoisotopic (exact) mass is 448 g/mol. The molecule has 34 heavy (non-hydrogen) atoms. The summed E-state index contributed by atoms with van der Waals surface area (Å²) in [5.74, 6) is 0. The Labute approximate surface area is 193 Å². The topological polar surface area (TPSA) is 112 Å². The lowest BCUT2D eigenvalue weighted by Crippen LogP contribution is -1.92. The van der Waals surface area contributed by atoms with Gasteiger partial charge in [-0.25, -0.2) is 4.98 Å². The fraction of sp³-hybridized carbons (Fsp3) is 0. The molecule has 0 unspecified atom stereocenters. The predicted octanol–water partition coefficient (Wildman–Crippen LogP) is 6.44. The lowest BCUT2D eigenvalue weighted by molar-refractivity contribution is -0.385. The van der Waals surface area contributed by atoms with E-state index < -0.39 is 9.85 Å². The maximum atomic E-state index is 11.0. The molecule has 0 radical (unpaired) electrons. The molecule has 0 saturated heterocycles. The van der Waals surface area contributed by atoms with E-state index in [2.05, 4.69) is 4.98 Å². The molecule has 5 aromatic rings. The second-order valence-corrected chi connectivity index (χ2v) is 7.61. The van der Waals surface area contributed by atoms with Gasteiger partial charge < -0.3 is 0 Å². The van der Waals surface area contributed by atoms with E-state index in [-0.39, 0.29) is 11.4 Å². The number of non-ortho nitro benzene ring substituents is 2. The molecular weight excluding hydrogens is 432 g/mol. The Kier molecular flexibility index (Phi) is 5.23. The van der Waals surface area contributed by atoms with E-state index in [1.54, 1.807) is 30.5 Å². The first kappa shape index (κ1) is 20.9. The second kappa shape index (κ2) is 8.51. The fourth-order valence-corrected chi connectivity index (χ4v) is 3.85. The van der Waals surface area contributed by atoms with E-state index in [4.69, 9.17) is 4.98 Å². The van der Waals surface area contributed by atoms with E-state index in [9.17, 15) is 20.2 Å². The molecule has 0 aliphatic heterocycles. The minimum absolute atomic E-state index is 0.0138. The summed E-state index contributed by atoms with van der Waals surface area (Å²) in [5, 5.41) is 23.8. The van der Waals surface area contributed by atoms with Gasteiger partial charge in [0, 0.05) is 46.8 Å². The summed E-state index contributed by atoms with van der Waals surface area (Å²) in [6, 6.07) is 22.2. The zero-order valence-corrected chi connectivity index (χ0v) is 17.7. The van der Waals surface area contributed by atoms with Gasteiger partial charge in [-0.15, -0.1) is 0 Å². The van der Waals surface area contributed by atoms with Crippen molar-refractivity contribution in [3.05, 3.63) is 116 Å². The third-order valence-corrected chi connectivity index (χ3v) is 5.52. The van der Waals surface area contributed by atoms with Crippen LogP contribution < -0.4 is 0 Å². The zero-order chi connectivity index (χ0) is 23.7. The largest absolute Gasteiger partial charge is 0.269 e. The van der Waals surface area contributed by atoms with Gasteiger partial charge >= 0.3 is 0 Å². The number of aromatic nitrogens is 2. The van der Waals surface area contributed by atoms with Crippen molar-refractivity contribution < 1.29 is 9.85 Å². The van der Waals surface area contributed by atoms with Crippen molar-refractivity contribution in [2.45, 2.75) is 0 Å². The highest BCUT2D eigenvalue weighted by atomic mass is 16.6. The van der Waals surface area contributed by atoms with Crippen molar-refractivity contribution in [1.29, 1.82) is 0 Å². The number of fused-ring (bicyclic) bond motifs is 3. The summed E-state index contributed by atoms with van der Waals surface area (Å²) in [5.41, 5.74) is 4.77. The van der Waals surface area contributed by atoms with Gasteiger partial charge in [0.2, 0.25) is 0 Å². The first-order valence-corrected chi connectivity index (χ1v) is 10.4. The molecule has 5 rings (SSSR count). The van der Waals surface area contributed by atoms with Gasteiger partial charge in [-0.3, -0.25) is 25.2 Å². The molecule has 2 aromatic heterocycles. The molecular formula is C26H16N4O4. The molecule has 0 spiro atoms. The van der Waals surface area contributed by atoms with Gasteiger partial charge in [-0.1, -0.05) is 18.2 Å². The van der Waals surface area contributed by atoms with Crippen LogP contribution in [0.4, 0.5) is 11.4 Å². The minimum Gasteiger partial charge on any atom is -0.258 e. The van der Waals surface area contributed by atoms with E-state index in [1.165, 1.54) is 24.3 Å². The summed E-state index contributed by atoms with van der Waals surface area (Å²) < 4.78 is 0. The number of rotatable bonds is 5. The zero-order valence-electron chi connectivity index (χ0n) is 17.7. The van der Waals surface area contributed by atoms with Crippen molar-refractivity contribution in [3.63, 3.8) is 0 Å². The van der Waals surface area contributed by atoms with E-state index in [1.807, 2.05) is 42.5 Å². The number of nitrogens with zero attached hydrogens (tertiary/aromatic N) is 4. The quantitative estimate of drug-likeness (QED) is 0.174. The smallest absolute Gasteiger partial charge is 0.258 e. The van der Waals surface area contributed by atoms with Crippen LogP contribution in [0, 0.1) is 20.2 Å². The number of pyridine rings is 2. The third kappa shape index (κ3) is 3.95. The number of hydrogen-bond donors (Lipinski definition) is 0. The summed E-state index contributed by atoms with van der Waals surface area (Å²) >= 11 is 0. The van der Waals surface area contributed by atoms with Crippen LogP contribution in [0.1, 0.15) is 11.1 Å². The van der Waals surface area contributed by atoms with Crippen LogP contribution in [0.2, 0.25) is 0 Å². The number of nitro groups is 2. The Morgan fingerprint density at radius 3 is 2.06 bits per heavy atom. The average Bonchev–Trinajstić information content (AvgIpc) is 2.87. The van der Waals surface area contributed by atoms with Crippen molar-refractivity contribution in [2.75, 3.05) is 0 Å². The summed E-state index contributed by atoms with van der Waals surface area (Å²) in [7, 11) is 0. The van der Waals surface area contributed by atoms with Gasteiger partial charge in [0.05, 0.1) is 26.6 Å². The summed E-state index contributed by atoms with van der Waals surface area (Å²) in [4.78, 5) is 30.3. The minimum atomic E-state index is -0.435. The van der Waals surface area contributed by atoms with Crippen LogP contribution in [-0.2, 0) is 0 Å². The molecule has 0 aliphatic carbocycles. The van der Waals surface area contributed by atoms with Crippen LogP contribution in [-0.4, -0.2) is 19.8 Å². The van der Waals surface area contributed by atoms with Crippen molar-refractivity contribution in [1.82, 2.24) is 9.97 Å². The Hall–Kier alpha value is -4.98. The first-order chi connectivity index (χ1) is 16.5. The molecule has 2 heterocycles. The third-order valence-electron chi connectivity index (χ3n) is 5.52. The van der Waals surface area contributed by atoms with Crippen LogP contribution in [0.3, 0.4) is 0 Å². The van der Waals surface area contributed by atoms with E-state index in [0.29, 0.717) is 5.69 Å². The highest BCUT2D eigenvalue weighted by Gasteiger charge is 2.12. The molecule has 0 saturated carbocycles. The fourth-order valence-electron chi connectivity index (χ4n) is 3.85. The van der Waals surface area contributed by atoms with Gasteiger partial charge in [0.15, 0.2) is 0 Å². The standard InChI is InChI=1S/C26H16N4O4/c31-29(32)20-9-4-17(5-10-20)3-6-19-16-25(18-7-11-21(12-8-18)30(33)34)28-24-14-13-23-22(26(19)24)2-1-15-27-23/h1-16H. The van der Waals surface area contributed by atoms with Crippen molar-refractivity contribution >= 4 is 45.3 Å². The highest BCUT2D eigenvalue weighted by molar-refractivity contribution is 6.10. The van der Waals surface area contributed by atoms with Crippen LogP contribution in [0.5, 0.6) is 0 Å². The second-order valence-electron chi connectivity index (χ2n) is 7.61. The molecule has 164 valence electrons. The lowest BCUT2D eigenvalue weighted by atomic mass is 9.99. The Morgan fingerprint density at radius 2 is 1.38 bits per heavy atom. The molecule has 3 aromatic carbocycles. The Bertz CT molecular complexity index is 1590. The number of benzene rings is 3. The van der Waals surface area contributed by atoms with E-state index >= 15 is 0 Å². The first-order valence-electron chi connectivity index (χ1n) is 10.4. The maximum Gasteiger partial charge on any atom is 0.269 e. The molecule has 0 aliphatic rings. The van der Waals surface area contributed by atoms with Crippen molar-refractivity contribution in [2.24, 2.45) is 0 Å². The van der Waals surface area contributed by atoms with Gasteiger partial charge in [-0.2, -0.15) is 0 Å². The van der Waals surface area contributed by atoms with Crippen LogP contribution in [0.15, 0.2) is 85.1 Å². The predicted molar refractivity (Wildman–Crippen MR) is 131 cm³/mol. The van der Waals surface area contributed by atoms with E-state index in [0.717, 1.165) is 38.5 Å². The van der Waals surface area contributed by atoms with Gasteiger partial charge in [0.1, 0.15) is 0 Å². The number of hydrogen-bond acceptors (Lipinski definition) is 6. The normalized spacial score (nSPS) is 11.3. The summed E-state index contributed by atoms with van der Waals surface area (Å²) in [6.45, 7) is 0. The Morgan fingerprint density at radius 1 is 0.735 bits per heavy atom. The molecule has 0 amide bonds. The maximum absolute atomic E-state index is 11.0. The van der Waals surface area contributed by atoms with Gasteiger partial charge in [0.25, 0.3) is 11.4 Å². The van der Waals surface area contributed by atoms with Crippen LogP contribution >= 0.6 is 0 Å². The van der Waals surface area contributed by atoms with Crippen LogP contribution in [0.25, 0.3) is 45.2 Å². The average molecular weight is 448 g/mol. The molecule has 0 N–H and O–H groups in total. The molecule has 0 fully saturated rings. The Balaban J connectivity index is 1.67. The SMILES string of the molecule is O=[N+]([O-])c1ccc(C=Cc2cc(-c3ccc([N+](=O)[O-])cc3)nc3ccc4ncccc4c23)cc1. The van der Waals surface area contributed by atoms with Crippen molar-refractivity contribution in [3.8, 4) is 11.3 Å². The molecule has 0 atom stereocenters. The molecule has 8 heteroatoms. The lowest BCUT2D eigenvalue weighted by Gasteiger charge is -2.10. The molecule has 0 bridgehead atoms. The van der Waals surface area contributed by atoms with Gasteiger partial charge in [-0.05, 0) is 59.7 Å². The highest BCUT2D eigenvalue weighted by Crippen LogP contribution is 2.32. The number of nitro benzene ring substituents is 2.